The van der Waals surface area contributed by atoms with Gasteiger partial charge >= 0.3 is 0 Å². The van der Waals surface area contributed by atoms with Crippen LogP contribution in [0.2, 0.25) is 5.02 Å². The van der Waals surface area contributed by atoms with E-state index in [0.29, 0.717) is 10.7 Å². The van der Waals surface area contributed by atoms with E-state index < -0.39 is 0 Å². The third-order valence-corrected chi connectivity index (χ3v) is 2.76. The third kappa shape index (κ3) is 2.38. The molecule has 0 aliphatic heterocycles. The highest BCUT2D eigenvalue weighted by Gasteiger charge is 2.08. The molecular formula is C15H10ClN. The van der Waals surface area contributed by atoms with Crippen LogP contribution in [0, 0.1) is 6.57 Å². The topological polar surface area (TPSA) is 4.36 Å². The van der Waals surface area contributed by atoms with Crippen LogP contribution in [0.4, 0.5) is 5.69 Å². The van der Waals surface area contributed by atoms with Gasteiger partial charge < -0.3 is 0 Å². The Kier molecular flexibility index (Phi) is 3.27. The summed E-state index contributed by atoms with van der Waals surface area (Å²) in [6.45, 7) is 11.2. The van der Waals surface area contributed by atoms with Gasteiger partial charge in [-0.3, -0.25) is 0 Å². The lowest BCUT2D eigenvalue weighted by Crippen LogP contribution is -1.86. The van der Waals surface area contributed by atoms with Gasteiger partial charge in [0.05, 0.1) is 6.57 Å². The lowest BCUT2D eigenvalue weighted by Gasteiger charge is -2.08. The molecule has 0 spiro atoms. The number of hydrogen-bond acceptors (Lipinski definition) is 0. The molecule has 0 aliphatic rings. The molecule has 0 saturated heterocycles. The van der Waals surface area contributed by atoms with Crippen molar-refractivity contribution in [2.24, 2.45) is 0 Å². The summed E-state index contributed by atoms with van der Waals surface area (Å²) in [5, 5.41) is 0.615. The van der Waals surface area contributed by atoms with Crippen LogP contribution in [0.25, 0.3) is 10.4 Å². The van der Waals surface area contributed by atoms with E-state index in [2.05, 4.69) is 11.4 Å². The van der Waals surface area contributed by atoms with Gasteiger partial charge in [-0.05, 0) is 22.8 Å². The highest BCUT2D eigenvalue weighted by Crippen LogP contribution is 2.32. The molecule has 0 bridgehead atoms. The molecule has 2 rings (SSSR count). The molecule has 0 amide bonds. The molecule has 0 radical (unpaired) electrons. The van der Waals surface area contributed by atoms with Crippen molar-refractivity contribution in [2.75, 3.05) is 0 Å². The summed E-state index contributed by atoms with van der Waals surface area (Å²) in [6.07, 6.45) is 0. The van der Waals surface area contributed by atoms with Gasteiger partial charge in [0.1, 0.15) is 0 Å². The number of halogens is 1. The van der Waals surface area contributed by atoms with Crippen molar-refractivity contribution in [1.29, 1.82) is 0 Å². The predicted octanol–water partition coefficient (Wildman–Crippen LogP) is 4.95. The van der Waals surface area contributed by atoms with Gasteiger partial charge in [0.25, 0.3) is 0 Å². The van der Waals surface area contributed by atoms with Gasteiger partial charge in [0.15, 0.2) is 5.69 Å². The molecule has 0 fully saturated rings. The fraction of sp³-hybridized carbons (Fsp3) is 0. The molecule has 2 aromatic carbocycles. The van der Waals surface area contributed by atoms with Crippen LogP contribution in [0.3, 0.4) is 0 Å². The van der Waals surface area contributed by atoms with Crippen molar-refractivity contribution in [3.05, 3.63) is 82.7 Å². The van der Waals surface area contributed by atoms with Gasteiger partial charge in [-0.25, -0.2) is 4.85 Å². The first-order valence-electron chi connectivity index (χ1n) is 5.14. The van der Waals surface area contributed by atoms with E-state index in [1.807, 2.05) is 30.3 Å². The Morgan fingerprint density at radius 2 is 1.82 bits per heavy atom. The zero-order chi connectivity index (χ0) is 12.3. The molecule has 0 saturated carbocycles. The Labute approximate surface area is 106 Å². The normalized spacial score (nSPS) is 9.65. The Bertz CT molecular complexity index is 594. The molecule has 0 N–H and O–H groups in total. The van der Waals surface area contributed by atoms with Crippen molar-refractivity contribution in [3.63, 3.8) is 0 Å². The summed E-state index contributed by atoms with van der Waals surface area (Å²) in [4.78, 5) is 3.49. The summed E-state index contributed by atoms with van der Waals surface area (Å²) in [5.74, 6) is 0. The fourth-order valence-corrected chi connectivity index (χ4v) is 1.81. The lowest BCUT2D eigenvalue weighted by molar-refractivity contribution is 1.56. The van der Waals surface area contributed by atoms with Crippen molar-refractivity contribution in [3.8, 4) is 0 Å². The Hall–Kier alpha value is -2.04. The Morgan fingerprint density at radius 1 is 1.12 bits per heavy atom. The molecule has 2 aromatic rings. The molecule has 2 heteroatoms. The maximum Gasteiger partial charge on any atom is 0.195 e. The van der Waals surface area contributed by atoms with Crippen LogP contribution in [0.1, 0.15) is 11.1 Å². The van der Waals surface area contributed by atoms with E-state index >= 15 is 0 Å². The smallest absolute Gasteiger partial charge is 0.195 e. The first-order valence-corrected chi connectivity index (χ1v) is 5.52. The highest BCUT2D eigenvalue weighted by atomic mass is 35.5. The van der Waals surface area contributed by atoms with E-state index in [0.717, 1.165) is 16.7 Å². The minimum absolute atomic E-state index is 0.572. The fourth-order valence-electron chi connectivity index (χ4n) is 1.64. The van der Waals surface area contributed by atoms with Crippen LogP contribution < -0.4 is 0 Å². The van der Waals surface area contributed by atoms with E-state index in [9.17, 15) is 0 Å². The summed E-state index contributed by atoms with van der Waals surface area (Å²) >= 11 is 5.96. The molecule has 82 valence electrons. The average Bonchev–Trinajstić information content (AvgIpc) is 2.39. The van der Waals surface area contributed by atoms with E-state index in [4.69, 9.17) is 18.2 Å². The number of nitrogens with zero attached hydrogens (tertiary/aromatic N) is 1. The average molecular weight is 240 g/mol. The van der Waals surface area contributed by atoms with E-state index in [1.165, 1.54) is 0 Å². The third-order valence-electron chi connectivity index (χ3n) is 2.53. The van der Waals surface area contributed by atoms with Crippen molar-refractivity contribution < 1.29 is 0 Å². The molecule has 0 heterocycles. The lowest BCUT2D eigenvalue weighted by atomic mass is 9.98. The number of hydrogen-bond donors (Lipinski definition) is 0. The number of benzene rings is 2. The quantitative estimate of drug-likeness (QED) is 0.653. The van der Waals surface area contributed by atoms with Crippen LogP contribution in [0.5, 0.6) is 0 Å². The minimum atomic E-state index is 0.572. The van der Waals surface area contributed by atoms with Gasteiger partial charge in [-0.15, -0.1) is 0 Å². The SMILES string of the molecule is [C-]#[N+]c1ccc(Cl)cc1C(=C)c1ccccc1. The molecule has 0 aliphatic carbocycles. The molecule has 1 nitrogen and oxygen atoms in total. The second kappa shape index (κ2) is 4.86. The van der Waals surface area contributed by atoms with E-state index in [-0.39, 0.29) is 0 Å². The first-order chi connectivity index (χ1) is 8.22. The van der Waals surface area contributed by atoms with Crippen LogP contribution in [-0.4, -0.2) is 0 Å². The Balaban J connectivity index is 2.52. The number of rotatable bonds is 2. The maximum absolute atomic E-state index is 7.15. The van der Waals surface area contributed by atoms with Gasteiger partial charge in [0, 0.05) is 5.02 Å². The van der Waals surface area contributed by atoms with Crippen LogP contribution in [-0.2, 0) is 0 Å². The monoisotopic (exact) mass is 239 g/mol. The summed E-state index contributed by atoms with van der Waals surface area (Å²) < 4.78 is 0. The minimum Gasteiger partial charge on any atom is -0.238 e. The maximum atomic E-state index is 7.15. The Morgan fingerprint density at radius 3 is 2.47 bits per heavy atom. The van der Waals surface area contributed by atoms with Crippen molar-refractivity contribution in [2.45, 2.75) is 0 Å². The van der Waals surface area contributed by atoms with Crippen LogP contribution in [0.15, 0.2) is 55.1 Å². The van der Waals surface area contributed by atoms with Crippen molar-refractivity contribution in [1.82, 2.24) is 0 Å². The zero-order valence-corrected chi connectivity index (χ0v) is 9.91. The first kappa shape index (κ1) is 11.4. The predicted molar refractivity (Wildman–Crippen MR) is 72.3 cm³/mol. The van der Waals surface area contributed by atoms with Gasteiger partial charge in [-0.2, -0.15) is 0 Å². The van der Waals surface area contributed by atoms with Crippen molar-refractivity contribution >= 4 is 22.9 Å². The van der Waals surface area contributed by atoms with E-state index in [1.54, 1.807) is 18.2 Å². The largest absolute Gasteiger partial charge is 0.238 e. The molecular weight excluding hydrogens is 230 g/mol. The zero-order valence-electron chi connectivity index (χ0n) is 9.15. The van der Waals surface area contributed by atoms with Crippen LogP contribution >= 0.6 is 11.6 Å². The standard InChI is InChI=1S/C15H10ClN/c1-11(12-6-4-3-5-7-12)14-10-13(16)8-9-15(14)17-2/h3-10H,1H2. The van der Waals surface area contributed by atoms with Gasteiger partial charge in [0.2, 0.25) is 0 Å². The summed E-state index contributed by atoms with van der Waals surface area (Å²) in [7, 11) is 0. The highest BCUT2D eigenvalue weighted by molar-refractivity contribution is 6.30. The second-order valence-corrected chi connectivity index (χ2v) is 4.05. The molecule has 0 aromatic heterocycles. The summed E-state index contributed by atoms with van der Waals surface area (Å²) in [6, 6.07) is 15.0. The molecule has 17 heavy (non-hydrogen) atoms. The molecule has 0 unspecified atom stereocenters. The summed E-state index contributed by atoms with van der Waals surface area (Å²) in [5.41, 5.74) is 3.18. The second-order valence-electron chi connectivity index (χ2n) is 3.62. The molecule has 0 atom stereocenters. The van der Waals surface area contributed by atoms with Gasteiger partial charge in [-0.1, -0.05) is 60.6 Å².